The molecule has 3 aliphatic rings. The predicted molar refractivity (Wildman–Crippen MR) is 79.2 cm³/mol. The van der Waals surface area contributed by atoms with Crippen LogP contribution in [0.3, 0.4) is 0 Å². The number of carbonyl (C=O) groups excluding carboxylic acids is 3. The summed E-state index contributed by atoms with van der Waals surface area (Å²) in [6.45, 7) is 1.41. The van der Waals surface area contributed by atoms with Gasteiger partial charge in [0, 0.05) is 18.4 Å². The van der Waals surface area contributed by atoms with Gasteiger partial charge < -0.3 is 22.1 Å². The zero-order valence-corrected chi connectivity index (χ0v) is 12.6. The molecule has 0 aromatic heterocycles. The lowest BCUT2D eigenvalue weighted by atomic mass is 9.80. The van der Waals surface area contributed by atoms with Crippen molar-refractivity contribution in [2.75, 3.05) is 13.1 Å². The Labute approximate surface area is 129 Å². The van der Waals surface area contributed by atoms with Crippen LogP contribution < -0.4 is 22.1 Å². The third kappa shape index (κ3) is 2.69. The molecule has 5 atom stereocenters. The topological polar surface area (TPSA) is 127 Å². The maximum absolute atomic E-state index is 11.9. The Kier molecular flexibility index (Phi) is 3.84. The van der Waals surface area contributed by atoms with Gasteiger partial charge in [0.2, 0.25) is 17.7 Å². The number of carbonyl (C=O) groups is 3. The number of hydrogen-bond acceptors (Lipinski definition) is 4. The van der Waals surface area contributed by atoms with Crippen LogP contribution in [0.2, 0.25) is 0 Å². The molecule has 1 aliphatic carbocycles. The summed E-state index contributed by atoms with van der Waals surface area (Å²) in [4.78, 5) is 35.1. The average Bonchev–Trinajstić information content (AvgIpc) is 2.96. The van der Waals surface area contributed by atoms with Crippen LogP contribution in [0.1, 0.15) is 32.1 Å². The normalized spacial score (nSPS) is 38.5. The van der Waals surface area contributed by atoms with Crippen LogP contribution in [0, 0.1) is 23.2 Å². The highest BCUT2D eigenvalue weighted by Gasteiger charge is 2.60. The fraction of sp³-hybridized carbons (Fsp3) is 0.800. The Hall–Kier alpha value is -1.63. The molecule has 3 amide bonds. The molecule has 2 heterocycles. The van der Waals surface area contributed by atoms with Crippen LogP contribution in [0.5, 0.6) is 0 Å². The third-order valence-electron chi connectivity index (χ3n) is 5.77. The van der Waals surface area contributed by atoms with Crippen LogP contribution in [0.15, 0.2) is 0 Å². The number of rotatable bonds is 5. The van der Waals surface area contributed by atoms with E-state index in [1.165, 1.54) is 0 Å². The number of piperidine rings is 1. The SMILES string of the molecule is NC(=O)C1CC2(CCN1)CC2[C@H](C[C@H]1CCNC1=O)C(N)=O. The van der Waals surface area contributed by atoms with Gasteiger partial charge in [-0.25, -0.2) is 0 Å². The van der Waals surface area contributed by atoms with Crippen LogP contribution >= 0.6 is 0 Å². The summed E-state index contributed by atoms with van der Waals surface area (Å²) in [7, 11) is 0. The zero-order chi connectivity index (χ0) is 15.9. The van der Waals surface area contributed by atoms with Crippen LogP contribution in [-0.2, 0) is 14.4 Å². The van der Waals surface area contributed by atoms with Crippen LogP contribution in [-0.4, -0.2) is 36.9 Å². The Morgan fingerprint density at radius 2 is 2.05 bits per heavy atom. The van der Waals surface area contributed by atoms with E-state index in [9.17, 15) is 14.4 Å². The molecule has 122 valence electrons. The molecule has 2 saturated heterocycles. The minimum absolute atomic E-state index is 0.000274. The molecular formula is C15H24N4O3. The van der Waals surface area contributed by atoms with E-state index in [4.69, 9.17) is 11.5 Å². The van der Waals surface area contributed by atoms with E-state index in [1.807, 2.05) is 0 Å². The third-order valence-corrected chi connectivity index (χ3v) is 5.77. The zero-order valence-electron chi connectivity index (χ0n) is 12.6. The van der Waals surface area contributed by atoms with E-state index in [0.29, 0.717) is 19.4 Å². The van der Waals surface area contributed by atoms with Gasteiger partial charge in [-0.3, -0.25) is 14.4 Å². The molecular weight excluding hydrogens is 284 g/mol. The predicted octanol–water partition coefficient (Wildman–Crippen LogP) is -1.14. The van der Waals surface area contributed by atoms with E-state index in [2.05, 4.69) is 10.6 Å². The van der Waals surface area contributed by atoms with Crippen molar-refractivity contribution in [1.82, 2.24) is 10.6 Å². The minimum Gasteiger partial charge on any atom is -0.369 e. The first-order valence-electron chi connectivity index (χ1n) is 8.03. The number of primary amides is 2. The van der Waals surface area contributed by atoms with Gasteiger partial charge in [-0.15, -0.1) is 0 Å². The molecule has 0 radical (unpaired) electrons. The molecule has 0 aromatic rings. The lowest BCUT2D eigenvalue weighted by molar-refractivity contribution is -0.125. The number of nitrogens with two attached hydrogens (primary N) is 2. The Balaban J connectivity index is 1.68. The molecule has 22 heavy (non-hydrogen) atoms. The van der Waals surface area contributed by atoms with Gasteiger partial charge in [-0.1, -0.05) is 0 Å². The molecule has 3 fully saturated rings. The first kappa shape index (κ1) is 15.3. The van der Waals surface area contributed by atoms with E-state index < -0.39 is 0 Å². The lowest BCUT2D eigenvalue weighted by Gasteiger charge is -2.31. The van der Waals surface area contributed by atoms with Crippen molar-refractivity contribution in [3.63, 3.8) is 0 Å². The second-order valence-corrected chi connectivity index (χ2v) is 7.06. The van der Waals surface area contributed by atoms with Gasteiger partial charge in [0.25, 0.3) is 0 Å². The number of amides is 3. The second kappa shape index (κ2) is 5.53. The Morgan fingerprint density at radius 1 is 1.27 bits per heavy atom. The van der Waals surface area contributed by atoms with E-state index in [1.54, 1.807) is 0 Å². The van der Waals surface area contributed by atoms with Gasteiger partial charge in [-0.05, 0) is 50.0 Å². The summed E-state index contributed by atoms with van der Waals surface area (Å²) in [5, 5.41) is 5.93. The van der Waals surface area contributed by atoms with Crippen LogP contribution in [0.4, 0.5) is 0 Å². The highest BCUT2D eigenvalue weighted by Crippen LogP contribution is 2.63. The average molecular weight is 308 g/mol. The van der Waals surface area contributed by atoms with Crippen molar-refractivity contribution in [2.24, 2.45) is 34.6 Å². The second-order valence-electron chi connectivity index (χ2n) is 7.06. The largest absolute Gasteiger partial charge is 0.369 e. The maximum Gasteiger partial charge on any atom is 0.234 e. The molecule has 1 spiro atoms. The van der Waals surface area contributed by atoms with Gasteiger partial charge >= 0.3 is 0 Å². The van der Waals surface area contributed by atoms with Crippen molar-refractivity contribution in [3.05, 3.63) is 0 Å². The lowest BCUT2D eigenvalue weighted by Crippen LogP contribution is -2.48. The fourth-order valence-electron chi connectivity index (χ4n) is 4.40. The first-order chi connectivity index (χ1) is 10.4. The van der Waals surface area contributed by atoms with E-state index >= 15 is 0 Å². The van der Waals surface area contributed by atoms with Gasteiger partial charge in [0.15, 0.2) is 0 Å². The van der Waals surface area contributed by atoms with Gasteiger partial charge in [0.1, 0.15) is 0 Å². The summed E-state index contributed by atoms with van der Waals surface area (Å²) in [6.07, 6.45) is 3.81. The summed E-state index contributed by atoms with van der Waals surface area (Å²) < 4.78 is 0. The highest BCUT2D eigenvalue weighted by atomic mass is 16.2. The molecule has 2 aliphatic heterocycles. The summed E-state index contributed by atoms with van der Waals surface area (Å²) >= 11 is 0. The molecule has 0 aromatic carbocycles. The standard InChI is InChI=1S/C15H24N4O3/c16-12(20)9(5-8-1-3-19-14(8)22)10-6-15(10)2-4-18-11(7-15)13(17)21/h8-11,18H,1-7H2,(H2,16,20)(H2,17,21)(H,19,22)/t8-,9+,10?,11?,15?/m1/s1. The van der Waals surface area contributed by atoms with Crippen molar-refractivity contribution >= 4 is 17.7 Å². The van der Waals surface area contributed by atoms with E-state index in [-0.39, 0.29) is 46.9 Å². The molecule has 6 N–H and O–H groups in total. The summed E-state index contributed by atoms with van der Waals surface area (Å²) in [6, 6.07) is -0.318. The van der Waals surface area contributed by atoms with Gasteiger partial charge in [-0.2, -0.15) is 0 Å². The minimum atomic E-state index is -0.337. The first-order valence-corrected chi connectivity index (χ1v) is 8.03. The molecule has 1 saturated carbocycles. The monoisotopic (exact) mass is 308 g/mol. The highest BCUT2D eigenvalue weighted by molar-refractivity contribution is 5.83. The quantitative estimate of drug-likeness (QED) is 0.512. The Bertz CT molecular complexity index is 509. The molecule has 7 heteroatoms. The summed E-state index contributed by atoms with van der Waals surface area (Å²) in [5.74, 6) is -0.834. The summed E-state index contributed by atoms with van der Waals surface area (Å²) in [5.41, 5.74) is 11.0. The molecule has 3 unspecified atom stereocenters. The smallest absolute Gasteiger partial charge is 0.234 e. The van der Waals surface area contributed by atoms with Gasteiger partial charge in [0.05, 0.1) is 6.04 Å². The molecule has 3 rings (SSSR count). The number of hydrogen-bond donors (Lipinski definition) is 4. The van der Waals surface area contributed by atoms with Crippen molar-refractivity contribution in [2.45, 2.75) is 38.1 Å². The van der Waals surface area contributed by atoms with E-state index in [0.717, 1.165) is 25.8 Å². The fourth-order valence-corrected chi connectivity index (χ4v) is 4.40. The molecule has 7 nitrogen and oxygen atoms in total. The molecule has 0 bridgehead atoms. The Morgan fingerprint density at radius 3 is 2.64 bits per heavy atom. The maximum atomic E-state index is 11.9. The number of nitrogens with one attached hydrogen (secondary N) is 2. The van der Waals surface area contributed by atoms with Crippen molar-refractivity contribution < 1.29 is 14.4 Å². The van der Waals surface area contributed by atoms with Crippen molar-refractivity contribution in [1.29, 1.82) is 0 Å². The van der Waals surface area contributed by atoms with Crippen LogP contribution in [0.25, 0.3) is 0 Å². The van der Waals surface area contributed by atoms with Crippen molar-refractivity contribution in [3.8, 4) is 0 Å².